The summed E-state index contributed by atoms with van der Waals surface area (Å²) in [5.74, 6) is 1.25. The van der Waals surface area contributed by atoms with E-state index in [0.29, 0.717) is 21.6 Å². The highest BCUT2D eigenvalue weighted by Gasteiger charge is 2.35. The third-order valence-corrected chi connectivity index (χ3v) is 7.41. The van der Waals surface area contributed by atoms with Crippen LogP contribution in [0.25, 0.3) is 6.08 Å². The summed E-state index contributed by atoms with van der Waals surface area (Å²) in [5.41, 5.74) is 4.92. The van der Waals surface area contributed by atoms with Crippen LogP contribution in [0.1, 0.15) is 30.5 Å². The molecule has 0 N–H and O–H groups in total. The largest absolute Gasteiger partial charge is 0.454 e. The lowest BCUT2D eigenvalue weighted by Gasteiger charge is -2.16. The SMILES string of the molecule is CCc1ccc(N=C2S/C(=C/c3cc4c(cc3Br)OCO4)C(=O)N2c2ccc(CC)cc2)cc1. The van der Waals surface area contributed by atoms with E-state index in [2.05, 4.69) is 54.0 Å². The zero-order chi connectivity index (χ0) is 23.7. The number of nitrogens with zero attached hydrogens (tertiary/aromatic N) is 2. The Morgan fingerprint density at radius 2 is 1.59 bits per heavy atom. The number of aliphatic imine (C=N–C) groups is 1. The van der Waals surface area contributed by atoms with Gasteiger partial charge in [-0.2, -0.15) is 0 Å². The van der Waals surface area contributed by atoms with Crippen LogP contribution in [0.15, 0.2) is 75.0 Å². The van der Waals surface area contributed by atoms with Crippen molar-refractivity contribution in [2.75, 3.05) is 11.7 Å². The topological polar surface area (TPSA) is 51.1 Å². The maximum absolute atomic E-state index is 13.6. The van der Waals surface area contributed by atoms with Crippen LogP contribution in [-0.4, -0.2) is 17.9 Å². The van der Waals surface area contributed by atoms with Crippen molar-refractivity contribution < 1.29 is 14.3 Å². The van der Waals surface area contributed by atoms with Crippen LogP contribution in [0.5, 0.6) is 11.5 Å². The second-order valence-electron chi connectivity index (χ2n) is 7.91. The summed E-state index contributed by atoms with van der Waals surface area (Å²) in [6, 6.07) is 19.9. The fourth-order valence-corrected chi connectivity index (χ4v) is 5.19. The van der Waals surface area contributed by atoms with Gasteiger partial charge in [0.15, 0.2) is 16.7 Å². The van der Waals surface area contributed by atoms with Crippen LogP contribution in [0.4, 0.5) is 11.4 Å². The van der Waals surface area contributed by atoms with Crippen LogP contribution >= 0.6 is 27.7 Å². The van der Waals surface area contributed by atoms with Gasteiger partial charge >= 0.3 is 0 Å². The van der Waals surface area contributed by atoms with E-state index in [9.17, 15) is 4.79 Å². The normalized spacial score (nSPS) is 17.3. The lowest BCUT2D eigenvalue weighted by molar-refractivity contribution is -0.113. The summed E-state index contributed by atoms with van der Waals surface area (Å²) in [4.78, 5) is 20.7. The number of fused-ring (bicyclic) bond motifs is 1. The second-order valence-corrected chi connectivity index (χ2v) is 9.78. The number of benzene rings is 3. The molecule has 0 atom stereocenters. The first kappa shape index (κ1) is 22.7. The molecule has 5 nitrogen and oxygen atoms in total. The highest BCUT2D eigenvalue weighted by atomic mass is 79.9. The minimum atomic E-state index is -0.109. The summed E-state index contributed by atoms with van der Waals surface area (Å²) in [6.07, 6.45) is 3.78. The molecule has 0 bridgehead atoms. The van der Waals surface area contributed by atoms with E-state index < -0.39 is 0 Å². The van der Waals surface area contributed by atoms with Gasteiger partial charge in [0.1, 0.15) is 0 Å². The Labute approximate surface area is 211 Å². The summed E-state index contributed by atoms with van der Waals surface area (Å²) >= 11 is 4.96. The van der Waals surface area contributed by atoms with Gasteiger partial charge in [0.25, 0.3) is 5.91 Å². The van der Waals surface area contributed by atoms with Gasteiger partial charge in [-0.1, -0.05) is 54.0 Å². The van der Waals surface area contributed by atoms with Crippen molar-refractivity contribution in [3.63, 3.8) is 0 Å². The third-order valence-electron chi connectivity index (χ3n) is 5.76. The lowest BCUT2D eigenvalue weighted by Crippen LogP contribution is -2.28. The summed E-state index contributed by atoms with van der Waals surface area (Å²) in [7, 11) is 0. The smallest absolute Gasteiger partial charge is 0.271 e. The molecular formula is C27H23BrN2O3S. The second kappa shape index (κ2) is 9.68. The standard InChI is InChI=1S/C27H23BrN2O3S/c1-3-17-5-9-20(10-6-17)29-27-30(21-11-7-18(4-2)8-12-21)26(31)25(34-27)14-19-13-23-24(15-22(19)28)33-16-32-23/h5-15H,3-4,16H2,1-2H3/b25-14+,29-27?. The van der Waals surface area contributed by atoms with Crippen molar-refractivity contribution in [3.05, 3.63) is 86.7 Å². The van der Waals surface area contributed by atoms with Gasteiger partial charge in [-0.05, 0) is 83.8 Å². The predicted molar refractivity (Wildman–Crippen MR) is 142 cm³/mol. The van der Waals surface area contributed by atoms with Gasteiger partial charge in [0.2, 0.25) is 6.79 Å². The number of rotatable bonds is 5. The Bertz CT molecular complexity index is 1300. The van der Waals surface area contributed by atoms with Crippen molar-refractivity contribution >= 4 is 56.2 Å². The van der Waals surface area contributed by atoms with Crippen LogP contribution in [0.3, 0.4) is 0 Å². The number of thioether (sulfide) groups is 1. The molecule has 1 fully saturated rings. The summed E-state index contributed by atoms with van der Waals surface area (Å²) < 4.78 is 11.8. The van der Waals surface area contributed by atoms with Crippen molar-refractivity contribution in [1.29, 1.82) is 0 Å². The molecule has 3 aromatic rings. The molecule has 1 amide bonds. The zero-order valence-corrected chi connectivity index (χ0v) is 21.3. The molecule has 0 saturated carbocycles. The van der Waals surface area contributed by atoms with Crippen LogP contribution in [0, 0.1) is 0 Å². The molecule has 7 heteroatoms. The molecule has 5 rings (SSSR count). The van der Waals surface area contributed by atoms with Crippen LogP contribution in [-0.2, 0) is 17.6 Å². The Kier molecular flexibility index (Phi) is 6.48. The maximum atomic E-state index is 13.6. The number of halogens is 1. The fraction of sp³-hybridized carbons (Fsp3) is 0.185. The number of hydrogen-bond donors (Lipinski definition) is 0. The average molecular weight is 535 g/mol. The predicted octanol–water partition coefficient (Wildman–Crippen LogP) is 7.11. The number of aryl methyl sites for hydroxylation is 2. The van der Waals surface area contributed by atoms with Crippen molar-refractivity contribution in [2.45, 2.75) is 26.7 Å². The number of carbonyl (C=O) groups excluding carboxylic acids is 1. The van der Waals surface area contributed by atoms with E-state index in [1.807, 2.05) is 42.5 Å². The Morgan fingerprint density at radius 1 is 0.971 bits per heavy atom. The third kappa shape index (κ3) is 4.50. The number of anilines is 1. The molecule has 0 radical (unpaired) electrons. The highest BCUT2D eigenvalue weighted by molar-refractivity contribution is 9.10. The van der Waals surface area contributed by atoms with Gasteiger partial charge in [0, 0.05) is 4.47 Å². The van der Waals surface area contributed by atoms with Gasteiger partial charge in [-0.15, -0.1) is 0 Å². The number of hydrogen-bond acceptors (Lipinski definition) is 5. The van der Waals surface area contributed by atoms with E-state index in [4.69, 9.17) is 14.5 Å². The molecule has 2 heterocycles. The van der Waals surface area contributed by atoms with Gasteiger partial charge in [0.05, 0.1) is 16.3 Å². The highest BCUT2D eigenvalue weighted by Crippen LogP contribution is 2.41. The lowest BCUT2D eigenvalue weighted by atomic mass is 10.1. The number of ether oxygens (including phenoxy) is 2. The quantitative estimate of drug-likeness (QED) is 0.327. The van der Waals surface area contributed by atoms with Crippen molar-refractivity contribution in [1.82, 2.24) is 0 Å². The monoisotopic (exact) mass is 534 g/mol. The minimum absolute atomic E-state index is 0.109. The first-order valence-corrected chi connectivity index (χ1v) is 12.8. The van der Waals surface area contributed by atoms with E-state index in [1.165, 1.54) is 22.9 Å². The molecule has 2 aliphatic rings. The molecular weight excluding hydrogens is 512 g/mol. The molecule has 0 aliphatic carbocycles. The van der Waals surface area contributed by atoms with Crippen LogP contribution < -0.4 is 14.4 Å². The van der Waals surface area contributed by atoms with Crippen molar-refractivity contribution in [3.8, 4) is 11.5 Å². The molecule has 2 aliphatic heterocycles. The van der Waals surface area contributed by atoms with Crippen LogP contribution in [0.2, 0.25) is 0 Å². The Morgan fingerprint density at radius 3 is 2.24 bits per heavy atom. The summed E-state index contributed by atoms with van der Waals surface area (Å²) in [5, 5.41) is 0.626. The first-order chi connectivity index (χ1) is 16.6. The number of amides is 1. The van der Waals surface area contributed by atoms with E-state index in [-0.39, 0.29) is 12.7 Å². The number of amidine groups is 1. The maximum Gasteiger partial charge on any atom is 0.271 e. The number of carbonyl (C=O) groups is 1. The molecule has 0 unspecified atom stereocenters. The van der Waals surface area contributed by atoms with Gasteiger partial charge in [-0.3, -0.25) is 9.69 Å². The molecule has 34 heavy (non-hydrogen) atoms. The average Bonchev–Trinajstić information content (AvgIpc) is 3.43. The van der Waals surface area contributed by atoms with E-state index in [0.717, 1.165) is 34.3 Å². The zero-order valence-electron chi connectivity index (χ0n) is 18.9. The van der Waals surface area contributed by atoms with Gasteiger partial charge < -0.3 is 9.47 Å². The fourth-order valence-electron chi connectivity index (χ4n) is 3.76. The minimum Gasteiger partial charge on any atom is -0.454 e. The molecule has 0 spiro atoms. The molecule has 1 saturated heterocycles. The van der Waals surface area contributed by atoms with Gasteiger partial charge in [-0.25, -0.2) is 4.99 Å². The van der Waals surface area contributed by atoms with E-state index >= 15 is 0 Å². The first-order valence-electron chi connectivity index (χ1n) is 11.2. The van der Waals surface area contributed by atoms with E-state index in [1.54, 1.807) is 4.90 Å². The molecule has 0 aromatic heterocycles. The van der Waals surface area contributed by atoms with Crippen molar-refractivity contribution in [2.24, 2.45) is 4.99 Å². The molecule has 3 aromatic carbocycles. The molecule has 172 valence electrons. The Hall–Kier alpha value is -3.03. The summed E-state index contributed by atoms with van der Waals surface area (Å²) in [6.45, 7) is 4.44. The Balaban J connectivity index is 1.55.